The summed E-state index contributed by atoms with van der Waals surface area (Å²) >= 11 is 7.57. The lowest BCUT2D eigenvalue weighted by molar-refractivity contribution is 1.11. The molecule has 0 unspecified atom stereocenters. The van der Waals surface area contributed by atoms with Gasteiger partial charge in [-0.2, -0.15) is 0 Å². The Morgan fingerprint density at radius 1 is 0.909 bits per heavy atom. The molecule has 4 rings (SSSR count). The first-order chi connectivity index (χ1) is 10.7. The van der Waals surface area contributed by atoms with E-state index in [0.29, 0.717) is 5.02 Å². The van der Waals surface area contributed by atoms with Crippen molar-refractivity contribution in [3.63, 3.8) is 0 Å². The Labute approximate surface area is 136 Å². The molecule has 0 saturated heterocycles. The van der Waals surface area contributed by atoms with Crippen molar-refractivity contribution in [2.45, 2.75) is 6.92 Å². The molecule has 0 spiro atoms. The fraction of sp³-hybridized carbons (Fsp3) is 0.0588. The zero-order valence-electron chi connectivity index (χ0n) is 11.8. The lowest BCUT2D eigenvalue weighted by atomic mass is 10.1. The average molecular weight is 326 g/mol. The summed E-state index contributed by atoms with van der Waals surface area (Å²) in [6.07, 6.45) is 0. The normalized spacial score (nSPS) is 11.2. The largest absolute Gasteiger partial charge is 0.265 e. The van der Waals surface area contributed by atoms with Crippen molar-refractivity contribution in [2.24, 2.45) is 0 Å². The minimum atomic E-state index is 0.716. The molecule has 22 heavy (non-hydrogen) atoms. The summed E-state index contributed by atoms with van der Waals surface area (Å²) in [4.78, 5) is 0.889. The third kappa shape index (κ3) is 2.21. The molecular formula is C17H12ClN3S. The van der Waals surface area contributed by atoms with Crippen LogP contribution in [0.4, 0.5) is 0 Å². The maximum Gasteiger partial charge on any atom is 0.216 e. The van der Waals surface area contributed by atoms with Crippen LogP contribution in [0.2, 0.25) is 5.02 Å². The molecule has 0 saturated carbocycles. The standard InChI is InChI=1S/C17H12ClN3S/c1-11-2-4-12(5-3-11)15-10-22-17-20-19-16(21(15)17)13-6-8-14(18)9-7-13/h2-10H,1H3. The maximum absolute atomic E-state index is 5.97. The van der Waals surface area contributed by atoms with Gasteiger partial charge < -0.3 is 0 Å². The predicted octanol–water partition coefficient (Wildman–Crippen LogP) is 5.09. The highest BCUT2D eigenvalue weighted by molar-refractivity contribution is 7.15. The predicted molar refractivity (Wildman–Crippen MR) is 91.5 cm³/mol. The summed E-state index contributed by atoms with van der Waals surface area (Å²) in [5, 5.41) is 11.5. The first-order valence-corrected chi connectivity index (χ1v) is 8.14. The van der Waals surface area contributed by atoms with Crippen molar-refractivity contribution >= 4 is 27.9 Å². The topological polar surface area (TPSA) is 30.2 Å². The third-order valence-electron chi connectivity index (χ3n) is 3.60. The van der Waals surface area contributed by atoms with Crippen LogP contribution in [0.5, 0.6) is 0 Å². The third-order valence-corrected chi connectivity index (χ3v) is 4.67. The van der Waals surface area contributed by atoms with Gasteiger partial charge in [-0.05, 0) is 36.8 Å². The second kappa shape index (κ2) is 5.23. The van der Waals surface area contributed by atoms with Crippen molar-refractivity contribution in [3.8, 4) is 22.6 Å². The molecule has 0 aliphatic carbocycles. The van der Waals surface area contributed by atoms with E-state index in [4.69, 9.17) is 11.6 Å². The Bertz CT molecular complexity index is 861. The first-order valence-electron chi connectivity index (χ1n) is 6.88. The summed E-state index contributed by atoms with van der Waals surface area (Å²) in [5.41, 5.74) is 4.52. The molecule has 4 aromatic rings. The molecule has 2 heterocycles. The number of halogens is 1. The minimum absolute atomic E-state index is 0.716. The summed E-state index contributed by atoms with van der Waals surface area (Å²) in [6, 6.07) is 16.2. The van der Waals surface area contributed by atoms with Gasteiger partial charge in [0.2, 0.25) is 4.96 Å². The monoisotopic (exact) mass is 325 g/mol. The maximum atomic E-state index is 5.97. The lowest BCUT2D eigenvalue weighted by Gasteiger charge is -2.04. The molecule has 0 N–H and O–H groups in total. The highest BCUT2D eigenvalue weighted by Crippen LogP contribution is 2.30. The molecule has 2 aromatic heterocycles. The molecular weight excluding hydrogens is 314 g/mol. The van der Waals surface area contributed by atoms with E-state index in [-0.39, 0.29) is 0 Å². The van der Waals surface area contributed by atoms with Crippen molar-refractivity contribution in [2.75, 3.05) is 0 Å². The van der Waals surface area contributed by atoms with E-state index in [1.54, 1.807) is 11.3 Å². The first kappa shape index (κ1) is 13.5. The van der Waals surface area contributed by atoms with Crippen molar-refractivity contribution < 1.29 is 0 Å². The van der Waals surface area contributed by atoms with E-state index in [9.17, 15) is 0 Å². The van der Waals surface area contributed by atoms with E-state index in [1.165, 1.54) is 5.56 Å². The molecule has 0 bridgehead atoms. The number of benzene rings is 2. The average Bonchev–Trinajstić information content (AvgIpc) is 3.11. The van der Waals surface area contributed by atoms with E-state index in [2.05, 4.69) is 51.2 Å². The zero-order valence-corrected chi connectivity index (χ0v) is 13.4. The molecule has 0 fully saturated rings. The van der Waals surface area contributed by atoms with Gasteiger partial charge in [-0.15, -0.1) is 21.5 Å². The number of thiazole rings is 1. The highest BCUT2D eigenvalue weighted by atomic mass is 35.5. The number of fused-ring (bicyclic) bond motifs is 1. The molecule has 3 nitrogen and oxygen atoms in total. The van der Waals surface area contributed by atoms with E-state index in [0.717, 1.165) is 27.6 Å². The number of rotatable bonds is 2. The Morgan fingerprint density at radius 2 is 1.59 bits per heavy atom. The van der Waals surface area contributed by atoms with E-state index in [1.807, 2.05) is 24.3 Å². The summed E-state index contributed by atoms with van der Waals surface area (Å²) < 4.78 is 2.10. The van der Waals surface area contributed by atoms with Crippen molar-refractivity contribution in [3.05, 3.63) is 64.5 Å². The van der Waals surface area contributed by atoms with Gasteiger partial charge in [-0.25, -0.2) is 0 Å². The van der Waals surface area contributed by atoms with Crippen LogP contribution in [0, 0.1) is 6.92 Å². The SMILES string of the molecule is Cc1ccc(-c2csc3nnc(-c4ccc(Cl)cc4)n23)cc1. The molecule has 0 radical (unpaired) electrons. The zero-order chi connectivity index (χ0) is 15.1. The Balaban J connectivity index is 1.92. The molecule has 0 aliphatic heterocycles. The van der Waals surface area contributed by atoms with Gasteiger partial charge in [-0.1, -0.05) is 41.4 Å². The Morgan fingerprint density at radius 3 is 2.32 bits per heavy atom. The Kier molecular flexibility index (Phi) is 3.21. The lowest BCUT2D eigenvalue weighted by Crippen LogP contribution is -1.91. The second-order valence-electron chi connectivity index (χ2n) is 5.14. The van der Waals surface area contributed by atoms with Crippen LogP contribution in [-0.4, -0.2) is 14.6 Å². The fourth-order valence-corrected chi connectivity index (χ4v) is 3.39. The molecule has 2 aromatic carbocycles. The van der Waals surface area contributed by atoms with Gasteiger partial charge >= 0.3 is 0 Å². The van der Waals surface area contributed by atoms with Gasteiger partial charge in [0.25, 0.3) is 0 Å². The van der Waals surface area contributed by atoms with E-state index < -0.39 is 0 Å². The van der Waals surface area contributed by atoms with Gasteiger partial charge in [0, 0.05) is 16.0 Å². The number of nitrogens with zero attached hydrogens (tertiary/aromatic N) is 3. The van der Waals surface area contributed by atoms with Crippen LogP contribution in [-0.2, 0) is 0 Å². The summed E-state index contributed by atoms with van der Waals surface area (Å²) in [7, 11) is 0. The van der Waals surface area contributed by atoms with E-state index >= 15 is 0 Å². The van der Waals surface area contributed by atoms with Crippen molar-refractivity contribution in [1.82, 2.24) is 14.6 Å². The number of aryl methyl sites for hydroxylation is 1. The Hall–Kier alpha value is -2.17. The van der Waals surface area contributed by atoms with Crippen LogP contribution >= 0.6 is 22.9 Å². The highest BCUT2D eigenvalue weighted by Gasteiger charge is 2.14. The van der Waals surface area contributed by atoms with Gasteiger partial charge in [0.1, 0.15) is 0 Å². The van der Waals surface area contributed by atoms with Crippen LogP contribution < -0.4 is 0 Å². The van der Waals surface area contributed by atoms with Gasteiger partial charge in [-0.3, -0.25) is 4.40 Å². The second-order valence-corrected chi connectivity index (χ2v) is 6.41. The van der Waals surface area contributed by atoms with Crippen LogP contribution in [0.1, 0.15) is 5.56 Å². The van der Waals surface area contributed by atoms with Gasteiger partial charge in [0.05, 0.1) is 5.69 Å². The molecule has 0 amide bonds. The minimum Gasteiger partial charge on any atom is -0.265 e. The number of aromatic nitrogens is 3. The summed E-state index contributed by atoms with van der Waals surface area (Å²) in [6.45, 7) is 2.09. The molecule has 5 heteroatoms. The smallest absolute Gasteiger partial charge is 0.216 e. The molecule has 0 atom stereocenters. The van der Waals surface area contributed by atoms with Gasteiger partial charge in [0.15, 0.2) is 5.82 Å². The fourth-order valence-electron chi connectivity index (χ4n) is 2.43. The molecule has 108 valence electrons. The van der Waals surface area contributed by atoms with Crippen LogP contribution in [0.25, 0.3) is 27.6 Å². The quantitative estimate of drug-likeness (QED) is 0.514. The van der Waals surface area contributed by atoms with Crippen molar-refractivity contribution in [1.29, 1.82) is 0 Å². The summed E-state index contributed by atoms with van der Waals surface area (Å²) in [5.74, 6) is 0.837. The number of hydrogen-bond donors (Lipinski definition) is 0. The molecule has 0 aliphatic rings. The van der Waals surface area contributed by atoms with Crippen LogP contribution in [0.15, 0.2) is 53.9 Å². The number of hydrogen-bond acceptors (Lipinski definition) is 3. The van der Waals surface area contributed by atoms with Crippen LogP contribution in [0.3, 0.4) is 0 Å².